The number of alkyl halides is 1. The molecule has 0 fully saturated rings. The molecule has 0 aliphatic heterocycles. The Morgan fingerprint density at radius 3 is 2.62 bits per heavy atom. The normalized spacial score (nSPS) is 12.6. The molecule has 1 unspecified atom stereocenters. The van der Waals surface area contributed by atoms with Crippen LogP contribution in [0, 0.1) is 0 Å². The Hall–Kier alpha value is -1.09. The van der Waals surface area contributed by atoms with Crippen LogP contribution in [0.15, 0.2) is 24.5 Å². The van der Waals surface area contributed by atoms with Gasteiger partial charge in [-0.05, 0) is 32.4 Å². The molecule has 88 valence electrons. The summed E-state index contributed by atoms with van der Waals surface area (Å²) in [6, 6.07) is 3.95. The molecule has 1 rings (SSSR count). The SMILES string of the molecule is CC(Cl)C(=O)N(Cc1cccnc1)C(C)C. The molecule has 1 atom stereocenters. The van der Waals surface area contributed by atoms with Gasteiger partial charge >= 0.3 is 0 Å². The molecule has 0 N–H and O–H groups in total. The number of hydrogen-bond acceptors (Lipinski definition) is 2. The molecule has 0 saturated carbocycles. The minimum atomic E-state index is -0.487. The third-order valence-corrected chi connectivity index (χ3v) is 2.51. The summed E-state index contributed by atoms with van der Waals surface area (Å²) in [5, 5.41) is -0.487. The van der Waals surface area contributed by atoms with Crippen molar-refractivity contribution in [2.45, 2.75) is 38.7 Å². The molecule has 0 saturated heterocycles. The average molecular weight is 241 g/mol. The van der Waals surface area contributed by atoms with Crippen molar-refractivity contribution >= 4 is 17.5 Å². The van der Waals surface area contributed by atoms with E-state index in [1.807, 2.05) is 26.0 Å². The number of hydrogen-bond donors (Lipinski definition) is 0. The van der Waals surface area contributed by atoms with E-state index >= 15 is 0 Å². The maximum Gasteiger partial charge on any atom is 0.240 e. The quantitative estimate of drug-likeness (QED) is 0.758. The van der Waals surface area contributed by atoms with Crippen molar-refractivity contribution in [1.82, 2.24) is 9.88 Å². The Labute approximate surface area is 101 Å². The second kappa shape index (κ2) is 5.85. The molecule has 0 aliphatic carbocycles. The number of carbonyl (C=O) groups excluding carboxylic acids is 1. The molecule has 0 aliphatic rings. The number of rotatable bonds is 4. The fourth-order valence-corrected chi connectivity index (χ4v) is 1.56. The number of pyridine rings is 1. The van der Waals surface area contributed by atoms with Gasteiger partial charge in [-0.1, -0.05) is 6.07 Å². The number of halogens is 1. The van der Waals surface area contributed by atoms with Gasteiger partial charge in [0.15, 0.2) is 0 Å². The van der Waals surface area contributed by atoms with Crippen molar-refractivity contribution < 1.29 is 4.79 Å². The van der Waals surface area contributed by atoms with Gasteiger partial charge < -0.3 is 4.90 Å². The van der Waals surface area contributed by atoms with Gasteiger partial charge in [-0.2, -0.15) is 0 Å². The Morgan fingerprint density at radius 2 is 2.19 bits per heavy atom. The van der Waals surface area contributed by atoms with Crippen LogP contribution in [0.3, 0.4) is 0 Å². The Kier molecular flexibility index (Phi) is 4.74. The highest BCUT2D eigenvalue weighted by molar-refractivity contribution is 6.30. The van der Waals surface area contributed by atoms with Crippen LogP contribution in [0.25, 0.3) is 0 Å². The van der Waals surface area contributed by atoms with Crippen LogP contribution in [-0.2, 0) is 11.3 Å². The number of aromatic nitrogens is 1. The lowest BCUT2D eigenvalue weighted by Gasteiger charge is -2.27. The molecule has 0 aromatic carbocycles. The van der Waals surface area contributed by atoms with Gasteiger partial charge in [0.1, 0.15) is 5.38 Å². The van der Waals surface area contributed by atoms with Gasteiger partial charge in [0, 0.05) is 25.0 Å². The van der Waals surface area contributed by atoms with E-state index in [0.717, 1.165) is 5.56 Å². The van der Waals surface area contributed by atoms with Gasteiger partial charge in [-0.15, -0.1) is 11.6 Å². The van der Waals surface area contributed by atoms with E-state index in [-0.39, 0.29) is 11.9 Å². The Morgan fingerprint density at radius 1 is 1.50 bits per heavy atom. The van der Waals surface area contributed by atoms with Crippen LogP contribution in [0.5, 0.6) is 0 Å². The lowest BCUT2D eigenvalue weighted by molar-refractivity contribution is -0.132. The standard InChI is InChI=1S/C12H17ClN2O/c1-9(2)15(12(16)10(3)13)8-11-5-4-6-14-7-11/h4-7,9-10H,8H2,1-3H3. The van der Waals surface area contributed by atoms with Crippen molar-refractivity contribution in [3.63, 3.8) is 0 Å². The van der Waals surface area contributed by atoms with E-state index in [9.17, 15) is 4.79 Å². The number of nitrogens with zero attached hydrogens (tertiary/aromatic N) is 2. The van der Waals surface area contributed by atoms with E-state index in [1.54, 1.807) is 24.2 Å². The third-order valence-electron chi connectivity index (χ3n) is 2.32. The van der Waals surface area contributed by atoms with Gasteiger partial charge in [0.05, 0.1) is 0 Å². The zero-order valence-corrected chi connectivity index (χ0v) is 10.6. The van der Waals surface area contributed by atoms with E-state index in [2.05, 4.69) is 4.98 Å². The molecule has 1 aromatic heterocycles. The van der Waals surface area contributed by atoms with Crippen molar-refractivity contribution in [2.75, 3.05) is 0 Å². The first-order chi connectivity index (χ1) is 7.52. The van der Waals surface area contributed by atoms with Crippen molar-refractivity contribution in [3.8, 4) is 0 Å². The second-order valence-electron chi connectivity index (χ2n) is 4.04. The Bertz CT molecular complexity index is 338. The minimum absolute atomic E-state index is 0.0412. The van der Waals surface area contributed by atoms with Gasteiger partial charge in [0.25, 0.3) is 0 Å². The molecule has 4 heteroatoms. The smallest absolute Gasteiger partial charge is 0.240 e. The fraction of sp³-hybridized carbons (Fsp3) is 0.500. The van der Waals surface area contributed by atoms with Crippen LogP contribution >= 0.6 is 11.6 Å². The summed E-state index contributed by atoms with van der Waals surface area (Å²) in [6.45, 7) is 6.21. The fourth-order valence-electron chi connectivity index (χ4n) is 1.43. The van der Waals surface area contributed by atoms with Crippen LogP contribution in [-0.4, -0.2) is 27.2 Å². The summed E-state index contributed by atoms with van der Waals surface area (Å²) in [5.74, 6) is -0.0412. The maximum absolute atomic E-state index is 11.9. The highest BCUT2D eigenvalue weighted by Gasteiger charge is 2.21. The first-order valence-electron chi connectivity index (χ1n) is 5.36. The van der Waals surface area contributed by atoms with Gasteiger partial charge in [-0.25, -0.2) is 0 Å². The van der Waals surface area contributed by atoms with Crippen LogP contribution in [0.1, 0.15) is 26.3 Å². The molecular weight excluding hydrogens is 224 g/mol. The molecule has 0 radical (unpaired) electrons. The zero-order valence-electron chi connectivity index (χ0n) is 9.85. The summed E-state index contributed by atoms with van der Waals surface area (Å²) in [7, 11) is 0. The molecule has 3 nitrogen and oxygen atoms in total. The van der Waals surface area contributed by atoms with E-state index < -0.39 is 5.38 Å². The van der Waals surface area contributed by atoms with Gasteiger partial charge in [0.2, 0.25) is 5.91 Å². The average Bonchev–Trinajstić information content (AvgIpc) is 2.26. The summed E-state index contributed by atoms with van der Waals surface area (Å²) >= 11 is 5.83. The van der Waals surface area contributed by atoms with Crippen LogP contribution < -0.4 is 0 Å². The molecule has 1 heterocycles. The molecule has 1 amide bonds. The van der Waals surface area contributed by atoms with Crippen LogP contribution in [0.4, 0.5) is 0 Å². The van der Waals surface area contributed by atoms with E-state index in [4.69, 9.17) is 11.6 Å². The topological polar surface area (TPSA) is 33.2 Å². The van der Waals surface area contributed by atoms with Crippen molar-refractivity contribution in [3.05, 3.63) is 30.1 Å². The van der Waals surface area contributed by atoms with Crippen molar-refractivity contribution in [1.29, 1.82) is 0 Å². The highest BCUT2D eigenvalue weighted by atomic mass is 35.5. The Balaban J connectivity index is 2.77. The predicted molar refractivity (Wildman–Crippen MR) is 65.2 cm³/mol. The zero-order chi connectivity index (χ0) is 12.1. The van der Waals surface area contributed by atoms with Crippen LogP contribution in [0.2, 0.25) is 0 Å². The maximum atomic E-state index is 11.9. The summed E-state index contributed by atoms with van der Waals surface area (Å²) < 4.78 is 0. The third kappa shape index (κ3) is 3.49. The molecule has 0 bridgehead atoms. The molecule has 16 heavy (non-hydrogen) atoms. The number of amides is 1. The molecule has 0 spiro atoms. The molecule has 1 aromatic rings. The number of carbonyl (C=O) groups is 1. The lowest BCUT2D eigenvalue weighted by Crippen LogP contribution is -2.40. The predicted octanol–water partition coefficient (Wildman–Crippen LogP) is 2.45. The van der Waals surface area contributed by atoms with Gasteiger partial charge in [-0.3, -0.25) is 9.78 Å². The molecular formula is C12H17ClN2O. The minimum Gasteiger partial charge on any atom is -0.335 e. The highest BCUT2D eigenvalue weighted by Crippen LogP contribution is 2.11. The van der Waals surface area contributed by atoms with E-state index in [0.29, 0.717) is 6.54 Å². The summed E-state index contributed by atoms with van der Waals surface area (Å²) in [5.41, 5.74) is 1.02. The first-order valence-corrected chi connectivity index (χ1v) is 5.79. The monoisotopic (exact) mass is 240 g/mol. The summed E-state index contributed by atoms with van der Waals surface area (Å²) in [6.07, 6.45) is 3.48. The summed E-state index contributed by atoms with van der Waals surface area (Å²) in [4.78, 5) is 17.7. The lowest BCUT2D eigenvalue weighted by atomic mass is 10.2. The van der Waals surface area contributed by atoms with Crippen molar-refractivity contribution in [2.24, 2.45) is 0 Å². The first kappa shape index (κ1) is 13.0. The second-order valence-corrected chi connectivity index (χ2v) is 4.69. The largest absolute Gasteiger partial charge is 0.335 e. The van der Waals surface area contributed by atoms with E-state index in [1.165, 1.54) is 0 Å².